The summed E-state index contributed by atoms with van der Waals surface area (Å²) < 4.78 is 23.8. The fraction of sp³-hybridized carbons (Fsp3) is 0.417. The molecular formula is C12H14ClNO3S2. The first kappa shape index (κ1) is 14.7. The van der Waals surface area contributed by atoms with Crippen LogP contribution in [-0.2, 0) is 9.84 Å². The number of carbonyl (C=O) groups excluding carboxylic acids is 1. The van der Waals surface area contributed by atoms with Crippen LogP contribution < -0.4 is 4.90 Å². The highest BCUT2D eigenvalue weighted by molar-refractivity contribution is 8.01. The quantitative estimate of drug-likeness (QED) is 0.798. The highest BCUT2D eigenvalue weighted by Gasteiger charge is 2.32. The number of rotatable bonds is 3. The van der Waals surface area contributed by atoms with Gasteiger partial charge in [0.25, 0.3) is 0 Å². The Balaban J connectivity index is 2.48. The first-order chi connectivity index (χ1) is 8.93. The van der Waals surface area contributed by atoms with Crippen LogP contribution in [0.5, 0.6) is 0 Å². The summed E-state index contributed by atoms with van der Waals surface area (Å²) in [6.45, 7) is 0.587. The number of aldehydes is 1. The maximum Gasteiger partial charge on any atom is 0.169 e. The summed E-state index contributed by atoms with van der Waals surface area (Å²) in [5.74, 6) is 1.33. The number of thioether (sulfide) groups is 1. The van der Waals surface area contributed by atoms with E-state index in [1.165, 1.54) is 6.26 Å². The van der Waals surface area contributed by atoms with Crippen LogP contribution in [0.2, 0.25) is 5.02 Å². The minimum atomic E-state index is -3.21. The molecule has 0 amide bonds. The van der Waals surface area contributed by atoms with Crippen LogP contribution in [0.3, 0.4) is 0 Å². The molecule has 104 valence electrons. The van der Waals surface area contributed by atoms with E-state index >= 15 is 0 Å². The number of benzene rings is 1. The Labute approximate surface area is 122 Å². The van der Waals surface area contributed by atoms with Crippen molar-refractivity contribution in [1.29, 1.82) is 0 Å². The van der Waals surface area contributed by atoms with Crippen molar-refractivity contribution < 1.29 is 13.2 Å². The number of nitrogens with zero attached hydrogens (tertiary/aromatic N) is 1. The summed E-state index contributed by atoms with van der Waals surface area (Å²) in [6, 6.07) is 4.90. The molecule has 1 aliphatic rings. The lowest BCUT2D eigenvalue weighted by Gasteiger charge is -2.36. The van der Waals surface area contributed by atoms with Crippen molar-refractivity contribution in [2.24, 2.45) is 0 Å². The summed E-state index contributed by atoms with van der Waals surface area (Å²) in [5.41, 5.74) is 1.06. The maximum atomic E-state index is 11.9. The van der Waals surface area contributed by atoms with E-state index in [0.29, 0.717) is 28.6 Å². The van der Waals surface area contributed by atoms with Crippen LogP contribution in [0.25, 0.3) is 0 Å². The molecule has 0 aromatic heterocycles. The zero-order valence-electron chi connectivity index (χ0n) is 10.4. The van der Waals surface area contributed by atoms with Gasteiger partial charge in [0.2, 0.25) is 0 Å². The minimum Gasteiger partial charge on any atom is -0.353 e. The molecule has 0 spiro atoms. The second-order valence-corrected chi connectivity index (χ2v) is 8.16. The number of halogens is 1. The number of hydrogen-bond donors (Lipinski definition) is 0. The van der Waals surface area contributed by atoms with Crippen molar-refractivity contribution in [3.8, 4) is 0 Å². The van der Waals surface area contributed by atoms with Gasteiger partial charge in [0.15, 0.2) is 16.1 Å². The van der Waals surface area contributed by atoms with E-state index in [9.17, 15) is 13.2 Å². The van der Waals surface area contributed by atoms with E-state index in [1.807, 2.05) is 0 Å². The predicted molar refractivity (Wildman–Crippen MR) is 80.1 cm³/mol. The molecular weight excluding hydrogens is 306 g/mol. The Morgan fingerprint density at radius 3 is 2.84 bits per heavy atom. The first-order valence-corrected chi connectivity index (χ1v) is 9.20. The number of anilines is 1. The molecule has 1 aliphatic heterocycles. The average Bonchev–Trinajstić information content (AvgIpc) is 2.37. The Bertz CT molecular complexity index is 589. The van der Waals surface area contributed by atoms with Gasteiger partial charge in [0.1, 0.15) is 5.37 Å². The Morgan fingerprint density at radius 2 is 2.21 bits per heavy atom. The molecule has 1 saturated heterocycles. The maximum absolute atomic E-state index is 11.9. The molecule has 0 saturated carbocycles. The third-order valence-corrected chi connectivity index (χ3v) is 5.89. The van der Waals surface area contributed by atoms with E-state index < -0.39 is 15.2 Å². The number of carbonyl (C=O) groups is 1. The minimum absolute atomic E-state index is 0.463. The van der Waals surface area contributed by atoms with Gasteiger partial charge in [-0.1, -0.05) is 11.6 Å². The fourth-order valence-electron chi connectivity index (χ4n) is 2.08. The summed E-state index contributed by atoms with van der Waals surface area (Å²) in [7, 11) is -3.21. The van der Waals surface area contributed by atoms with Crippen molar-refractivity contribution in [3.63, 3.8) is 0 Å². The van der Waals surface area contributed by atoms with Crippen LogP contribution in [0.15, 0.2) is 18.2 Å². The predicted octanol–water partition coefficient (Wildman–Crippen LogP) is 2.08. The van der Waals surface area contributed by atoms with Gasteiger partial charge >= 0.3 is 0 Å². The topological polar surface area (TPSA) is 54.5 Å². The van der Waals surface area contributed by atoms with Crippen molar-refractivity contribution >= 4 is 45.2 Å². The van der Waals surface area contributed by atoms with Crippen LogP contribution >= 0.6 is 23.4 Å². The summed E-state index contributed by atoms with van der Waals surface area (Å²) in [6.07, 6.45) is 1.95. The number of hydrogen-bond acceptors (Lipinski definition) is 5. The molecule has 2 rings (SSSR count). The van der Waals surface area contributed by atoms with E-state index in [1.54, 1.807) is 34.9 Å². The molecule has 0 aliphatic carbocycles. The monoisotopic (exact) mass is 319 g/mol. The summed E-state index contributed by atoms with van der Waals surface area (Å²) in [4.78, 5) is 12.9. The molecule has 0 radical (unpaired) electrons. The second-order valence-electron chi connectivity index (χ2n) is 4.37. The van der Waals surface area contributed by atoms with Gasteiger partial charge in [0.05, 0.1) is 0 Å². The molecule has 1 aromatic rings. The van der Waals surface area contributed by atoms with E-state index in [4.69, 9.17) is 11.6 Å². The van der Waals surface area contributed by atoms with Crippen molar-refractivity contribution in [1.82, 2.24) is 0 Å². The van der Waals surface area contributed by atoms with Gasteiger partial charge in [-0.3, -0.25) is 4.79 Å². The van der Waals surface area contributed by atoms with Crippen molar-refractivity contribution in [2.75, 3.05) is 29.2 Å². The number of sulfone groups is 1. The second kappa shape index (κ2) is 5.73. The molecule has 19 heavy (non-hydrogen) atoms. The molecule has 1 heterocycles. The lowest BCUT2D eigenvalue weighted by Crippen LogP contribution is -2.47. The fourth-order valence-corrected chi connectivity index (χ4v) is 5.08. The summed E-state index contributed by atoms with van der Waals surface area (Å²) >= 11 is 7.56. The van der Waals surface area contributed by atoms with Crippen molar-refractivity contribution in [2.45, 2.75) is 5.37 Å². The van der Waals surface area contributed by atoms with E-state index in [0.717, 1.165) is 12.0 Å². The van der Waals surface area contributed by atoms with Gasteiger partial charge < -0.3 is 4.90 Å². The van der Waals surface area contributed by atoms with Gasteiger partial charge in [-0.2, -0.15) is 11.8 Å². The highest BCUT2D eigenvalue weighted by Crippen LogP contribution is 2.30. The third kappa shape index (κ3) is 3.24. The zero-order valence-corrected chi connectivity index (χ0v) is 12.8. The Hall–Kier alpha value is -0.720. The molecule has 1 fully saturated rings. The first-order valence-electron chi connectivity index (χ1n) is 5.71. The third-order valence-electron chi connectivity index (χ3n) is 3.01. The molecule has 7 heteroatoms. The van der Waals surface area contributed by atoms with Gasteiger partial charge in [-0.25, -0.2) is 8.42 Å². The Kier molecular flexibility index (Phi) is 4.43. The SMILES string of the molecule is CS(=O)(=O)C1CSCCN1c1cc(Cl)ccc1C=O. The van der Waals surface area contributed by atoms with E-state index in [2.05, 4.69) is 0 Å². The van der Waals surface area contributed by atoms with Gasteiger partial charge in [-0.05, 0) is 18.2 Å². The standard InChI is InChI=1S/C12H14ClNO3S2/c1-19(16,17)12-8-18-5-4-14(12)11-6-10(13)3-2-9(11)7-15/h2-3,6-7,12H,4-5,8H2,1H3. The molecule has 0 N–H and O–H groups in total. The molecule has 1 atom stereocenters. The largest absolute Gasteiger partial charge is 0.353 e. The van der Waals surface area contributed by atoms with Crippen molar-refractivity contribution in [3.05, 3.63) is 28.8 Å². The van der Waals surface area contributed by atoms with Crippen LogP contribution in [0, 0.1) is 0 Å². The normalized spacial score (nSPS) is 20.3. The molecule has 0 bridgehead atoms. The van der Waals surface area contributed by atoms with Crippen LogP contribution in [-0.4, -0.2) is 44.4 Å². The van der Waals surface area contributed by atoms with Crippen LogP contribution in [0.4, 0.5) is 5.69 Å². The lowest BCUT2D eigenvalue weighted by molar-refractivity contribution is 0.112. The Morgan fingerprint density at radius 1 is 1.47 bits per heavy atom. The average molecular weight is 320 g/mol. The van der Waals surface area contributed by atoms with Crippen LogP contribution in [0.1, 0.15) is 10.4 Å². The lowest BCUT2D eigenvalue weighted by atomic mass is 10.1. The smallest absolute Gasteiger partial charge is 0.169 e. The zero-order chi connectivity index (χ0) is 14.0. The van der Waals surface area contributed by atoms with E-state index in [-0.39, 0.29) is 0 Å². The van der Waals surface area contributed by atoms with Gasteiger partial charge in [0, 0.05) is 40.6 Å². The van der Waals surface area contributed by atoms with Gasteiger partial charge in [-0.15, -0.1) is 0 Å². The molecule has 4 nitrogen and oxygen atoms in total. The molecule has 1 aromatic carbocycles. The highest BCUT2D eigenvalue weighted by atomic mass is 35.5. The summed E-state index contributed by atoms with van der Waals surface area (Å²) in [5, 5.41) is -0.116. The molecule has 1 unspecified atom stereocenters.